The molecule has 1 amide bonds. The Balaban J connectivity index is 2.21. The van der Waals surface area contributed by atoms with E-state index >= 15 is 0 Å². The molecule has 0 aliphatic carbocycles. The summed E-state index contributed by atoms with van der Waals surface area (Å²) in [6.07, 6.45) is 3.43. The van der Waals surface area contributed by atoms with E-state index in [9.17, 15) is 4.79 Å². The van der Waals surface area contributed by atoms with E-state index in [1.165, 1.54) is 0 Å². The highest BCUT2D eigenvalue weighted by atomic mass is 16.6. The Bertz CT molecular complexity index is 894. The normalized spacial score (nSPS) is 12.8. The number of hydrogen-bond acceptors (Lipinski definition) is 3. The van der Waals surface area contributed by atoms with Crippen molar-refractivity contribution in [3.8, 4) is 11.3 Å². The zero-order valence-corrected chi connectivity index (χ0v) is 15.9. The molecule has 2 aromatic rings. The molecule has 2 rings (SSSR count). The van der Waals surface area contributed by atoms with Gasteiger partial charge in [0.25, 0.3) is 0 Å². The number of alkyl carbamates (subject to hydrolysis) is 1. The van der Waals surface area contributed by atoms with E-state index in [4.69, 9.17) is 9.72 Å². The van der Waals surface area contributed by atoms with Crippen LogP contribution in [0.3, 0.4) is 0 Å². The summed E-state index contributed by atoms with van der Waals surface area (Å²) in [5.74, 6) is 0. The van der Waals surface area contributed by atoms with Gasteiger partial charge in [0.05, 0.1) is 11.0 Å². The molecular formula is C22H26N2O2. The topological polar surface area (TPSA) is 51.2 Å². The van der Waals surface area contributed by atoms with Crippen LogP contribution in [0.4, 0.5) is 4.79 Å². The number of rotatable bonds is 4. The molecule has 1 aromatic heterocycles. The number of amides is 1. The largest absolute Gasteiger partial charge is 0.444 e. The van der Waals surface area contributed by atoms with Crippen molar-refractivity contribution in [3.63, 3.8) is 0 Å². The van der Waals surface area contributed by atoms with Crippen LogP contribution in [0.2, 0.25) is 0 Å². The molecule has 0 saturated carbocycles. The van der Waals surface area contributed by atoms with E-state index in [0.717, 1.165) is 27.4 Å². The highest BCUT2D eigenvalue weighted by Gasteiger charge is 2.15. The van der Waals surface area contributed by atoms with Crippen molar-refractivity contribution in [2.45, 2.75) is 33.3 Å². The lowest BCUT2D eigenvalue weighted by molar-refractivity contribution is 0.0533. The van der Waals surface area contributed by atoms with Gasteiger partial charge in [0.1, 0.15) is 5.60 Å². The minimum atomic E-state index is -0.523. The number of ether oxygens (including phenoxy) is 1. The van der Waals surface area contributed by atoms with Crippen molar-refractivity contribution in [1.29, 1.82) is 0 Å². The van der Waals surface area contributed by atoms with Gasteiger partial charge in [-0.2, -0.15) is 0 Å². The molecule has 0 aliphatic heterocycles. The lowest BCUT2D eigenvalue weighted by Gasteiger charge is -2.19. The third-order valence-electron chi connectivity index (χ3n) is 3.54. The minimum absolute atomic E-state index is 0.301. The number of nitrogens with zero attached hydrogens (tertiary/aromatic N) is 1. The molecule has 1 N–H and O–H groups in total. The molecule has 136 valence electrons. The average molecular weight is 350 g/mol. The second kappa shape index (κ2) is 8.48. The van der Waals surface area contributed by atoms with Crippen molar-refractivity contribution in [1.82, 2.24) is 10.3 Å². The van der Waals surface area contributed by atoms with Gasteiger partial charge in [-0.3, -0.25) is 0 Å². The first-order valence-electron chi connectivity index (χ1n) is 8.63. The standard InChI is InChI=1S/C22H26N2O2/c1-6-17-12-13-19(18-10-8-7-9-11-18)24-20(17)14-16(2)15-23-21(25)26-22(3,4)5/h6-14H,2,15H2,1,3-5H3,(H,23,25)/b17-6-,20-14+. The van der Waals surface area contributed by atoms with Crippen molar-refractivity contribution in [3.05, 3.63) is 65.2 Å². The highest BCUT2D eigenvalue weighted by Crippen LogP contribution is 2.13. The lowest BCUT2D eigenvalue weighted by atomic mass is 10.1. The van der Waals surface area contributed by atoms with Gasteiger partial charge in [-0.1, -0.05) is 49.1 Å². The van der Waals surface area contributed by atoms with Crippen LogP contribution in [-0.4, -0.2) is 23.2 Å². The second-order valence-corrected chi connectivity index (χ2v) is 6.98. The fraction of sp³-hybridized carbons (Fsp3) is 0.273. The Morgan fingerprint density at radius 1 is 1.19 bits per heavy atom. The van der Waals surface area contributed by atoms with E-state index in [2.05, 4.69) is 11.9 Å². The Hall–Kier alpha value is -2.88. The Morgan fingerprint density at radius 2 is 1.88 bits per heavy atom. The van der Waals surface area contributed by atoms with Gasteiger partial charge in [0, 0.05) is 12.1 Å². The molecule has 0 radical (unpaired) electrons. The predicted octanol–water partition coefficient (Wildman–Crippen LogP) is 3.41. The van der Waals surface area contributed by atoms with Crippen LogP contribution in [0.5, 0.6) is 0 Å². The molecule has 0 fully saturated rings. The van der Waals surface area contributed by atoms with Gasteiger partial charge >= 0.3 is 6.09 Å². The first kappa shape index (κ1) is 19.4. The van der Waals surface area contributed by atoms with E-state index < -0.39 is 11.7 Å². The summed E-state index contributed by atoms with van der Waals surface area (Å²) in [6.45, 7) is 11.8. The molecular weight excluding hydrogens is 324 g/mol. The lowest BCUT2D eigenvalue weighted by Crippen LogP contribution is -2.34. The summed E-state index contributed by atoms with van der Waals surface area (Å²) >= 11 is 0. The molecule has 0 saturated heterocycles. The summed E-state index contributed by atoms with van der Waals surface area (Å²) in [4.78, 5) is 16.5. The zero-order chi connectivity index (χ0) is 19.2. The van der Waals surface area contributed by atoms with E-state index in [-0.39, 0.29) is 0 Å². The Kier molecular flexibility index (Phi) is 6.34. The second-order valence-electron chi connectivity index (χ2n) is 6.98. The molecule has 0 bridgehead atoms. The maximum absolute atomic E-state index is 11.8. The number of carbonyl (C=O) groups excluding carboxylic acids is 1. The van der Waals surface area contributed by atoms with Gasteiger partial charge in [0.2, 0.25) is 0 Å². The van der Waals surface area contributed by atoms with E-state index in [0.29, 0.717) is 6.54 Å². The van der Waals surface area contributed by atoms with Gasteiger partial charge in [-0.15, -0.1) is 0 Å². The maximum atomic E-state index is 11.8. The number of aromatic nitrogens is 1. The Morgan fingerprint density at radius 3 is 2.50 bits per heavy atom. The average Bonchev–Trinajstić information content (AvgIpc) is 2.59. The van der Waals surface area contributed by atoms with Crippen LogP contribution in [-0.2, 0) is 4.74 Å². The summed E-state index contributed by atoms with van der Waals surface area (Å²) in [7, 11) is 0. The van der Waals surface area contributed by atoms with Gasteiger partial charge in [-0.05, 0) is 50.6 Å². The number of carbonyl (C=O) groups is 1. The van der Waals surface area contributed by atoms with Crippen LogP contribution in [0.1, 0.15) is 27.7 Å². The molecule has 4 heteroatoms. The number of nitrogens with one attached hydrogen (secondary N) is 1. The van der Waals surface area contributed by atoms with Crippen molar-refractivity contribution in [2.75, 3.05) is 6.54 Å². The van der Waals surface area contributed by atoms with Crippen LogP contribution < -0.4 is 15.9 Å². The summed E-state index contributed by atoms with van der Waals surface area (Å²) < 4.78 is 5.23. The zero-order valence-electron chi connectivity index (χ0n) is 15.9. The number of pyridine rings is 1. The SMILES string of the molecule is C=C(/C=c1/nc(-c2ccccc2)cc/c1=C/C)CNC(=O)OC(C)(C)C. The summed E-state index contributed by atoms with van der Waals surface area (Å²) in [5, 5.41) is 4.55. The molecule has 0 aliphatic rings. The molecule has 0 atom stereocenters. The fourth-order valence-electron chi connectivity index (χ4n) is 2.36. The first-order chi connectivity index (χ1) is 12.3. The molecule has 0 spiro atoms. The van der Waals surface area contributed by atoms with E-state index in [1.807, 2.05) is 82.3 Å². The molecule has 0 unspecified atom stereocenters. The third kappa shape index (κ3) is 5.88. The minimum Gasteiger partial charge on any atom is -0.444 e. The molecule has 1 heterocycles. The first-order valence-corrected chi connectivity index (χ1v) is 8.63. The van der Waals surface area contributed by atoms with Crippen molar-refractivity contribution in [2.24, 2.45) is 0 Å². The van der Waals surface area contributed by atoms with Gasteiger partial charge in [-0.25, -0.2) is 9.78 Å². The number of hydrogen-bond donors (Lipinski definition) is 1. The van der Waals surface area contributed by atoms with Gasteiger partial charge in [0.15, 0.2) is 0 Å². The summed E-state index contributed by atoms with van der Waals surface area (Å²) in [5.41, 5.74) is 2.18. The van der Waals surface area contributed by atoms with Crippen LogP contribution >= 0.6 is 0 Å². The molecule has 1 aromatic carbocycles. The number of benzene rings is 1. The molecule has 26 heavy (non-hydrogen) atoms. The molecule has 4 nitrogen and oxygen atoms in total. The van der Waals surface area contributed by atoms with Crippen LogP contribution in [0.15, 0.2) is 54.6 Å². The predicted molar refractivity (Wildman–Crippen MR) is 107 cm³/mol. The van der Waals surface area contributed by atoms with Crippen molar-refractivity contribution < 1.29 is 9.53 Å². The fourth-order valence-corrected chi connectivity index (χ4v) is 2.36. The smallest absolute Gasteiger partial charge is 0.407 e. The van der Waals surface area contributed by atoms with Gasteiger partial charge < -0.3 is 10.1 Å². The van der Waals surface area contributed by atoms with Crippen molar-refractivity contribution >= 4 is 18.2 Å². The quantitative estimate of drug-likeness (QED) is 0.919. The van der Waals surface area contributed by atoms with E-state index in [1.54, 1.807) is 0 Å². The highest BCUT2D eigenvalue weighted by molar-refractivity contribution is 5.68. The van der Waals surface area contributed by atoms with Crippen LogP contribution in [0.25, 0.3) is 23.4 Å². The monoisotopic (exact) mass is 350 g/mol. The maximum Gasteiger partial charge on any atom is 0.407 e. The third-order valence-corrected chi connectivity index (χ3v) is 3.54. The Labute approximate surface area is 154 Å². The summed E-state index contributed by atoms with van der Waals surface area (Å²) in [6, 6.07) is 14.1. The van der Waals surface area contributed by atoms with Crippen LogP contribution in [0, 0.1) is 0 Å².